The van der Waals surface area contributed by atoms with Crippen molar-refractivity contribution in [3.63, 3.8) is 0 Å². The molecule has 2 saturated heterocycles. The summed E-state index contributed by atoms with van der Waals surface area (Å²) in [6.45, 7) is 1.22. The molecule has 1 amide bonds. The van der Waals surface area contributed by atoms with Crippen LogP contribution in [0.2, 0.25) is 0 Å². The lowest BCUT2D eigenvalue weighted by atomic mass is 9.69. The number of aromatic nitrogens is 3. The number of rotatable bonds is 7. The molecule has 1 aliphatic carbocycles. The number of hydrogen-bond donors (Lipinski definition) is 2. The zero-order chi connectivity index (χ0) is 24.8. The average Bonchev–Trinajstić information content (AvgIpc) is 2.92. The summed E-state index contributed by atoms with van der Waals surface area (Å²) in [6.07, 6.45) is 8.09. The Labute approximate surface area is 207 Å². The summed E-state index contributed by atoms with van der Waals surface area (Å²) >= 11 is 0. The Hall–Kier alpha value is -3.37. The van der Waals surface area contributed by atoms with Crippen molar-refractivity contribution in [1.82, 2.24) is 20.3 Å². The van der Waals surface area contributed by atoms with E-state index in [1.54, 1.807) is 25.4 Å². The molecule has 0 aromatic carbocycles. The third kappa shape index (κ3) is 4.24. The first-order chi connectivity index (χ1) is 17.5. The summed E-state index contributed by atoms with van der Waals surface area (Å²) in [5.74, 6) is 0.377. The molecular formula is C26H28FN5O4. The lowest BCUT2D eigenvalue weighted by Gasteiger charge is -2.53. The third-order valence-corrected chi connectivity index (χ3v) is 7.74. The number of hydrogen-bond acceptors (Lipinski definition) is 8. The fourth-order valence-corrected chi connectivity index (χ4v) is 5.50. The number of nitrogens with one attached hydrogen (secondary N) is 2. The molecule has 3 aromatic rings. The maximum atomic E-state index is 14.8. The molecule has 10 heteroatoms. The molecule has 3 fully saturated rings. The Kier molecular flexibility index (Phi) is 5.72. The summed E-state index contributed by atoms with van der Waals surface area (Å²) < 4.78 is 31.8. The van der Waals surface area contributed by atoms with Gasteiger partial charge in [-0.15, -0.1) is 0 Å². The number of carbonyl (C=O) groups is 1. The first-order valence-electron chi connectivity index (χ1n) is 12.3. The minimum atomic E-state index is -0.345. The van der Waals surface area contributed by atoms with Gasteiger partial charge in [-0.1, -0.05) is 0 Å². The van der Waals surface area contributed by atoms with Crippen molar-refractivity contribution in [2.45, 2.75) is 56.2 Å². The summed E-state index contributed by atoms with van der Waals surface area (Å²) in [5.41, 5.74) is 3.00. The number of fused-ring (bicyclic) bond motifs is 5. The van der Waals surface area contributed by atoms with Crippen molar-refractivity contribution in [3.05, 3.63) is 47.5 Å². The Balaban J connectivity index is 1.10. The van der Waals surface area contributed by atoms with Crippen LogP contribution in [0.15, 0.2) is 30.6 Å². The number of anilines is 1. The van der Waals surface area contributed by atoms with E-state index < -0.39 is 0 Å². The molecule has 2 N–H and O–H groups in total. The van der Waals surface area contributed by atoms with Gasteiger partial charge < -0.3 is 24.8 Å². The highest BCUT2D eigenvalue weighted by atomic mass is 19.1. The van der Waals surface area contributed by atoms with Gasteiger partial charge in [0.25, 0.3) is 5.91 Å². The highest BCUT2D eigenvalue weighted by Gasteiger charge is 2.49. The number of pyridine rings is 3. The molecule has 0 unspecified atom stereocenters. The first kappa shape index (κ1) is 23.1. The van der Waals surface area contributed by atoms with E-state index in [2.05, 4.69) is 25.6 Å². The summed E-state index contributed by atoms with van der Waals surface area (Å²) in [6, 6.07) is 5.44. The molecule has 0 radical (unpaired) electrons. The van der Waals surface area contributed by atoms with Crippen LogP contribution in [0.4, 0.5) is 10.1 Å². The monoisotopic (exact) mass is 493 g/mol. The number of methoxy groups -OCH3 is 1. The molecule has 4 aliphatic rings. The van der Waals surface area contributed by atoms with Gasteiger partial charge in [0.05, 0.1) is 36.5 Å². The lowest BCUT2D eigenvalue weighted by molar-refractivity contribution is -0.165. The van der Waals surface area contributed by atoms with Crippen LogP contribution in [-0.2, 0) is 22.5 Å². The van der Waals surface area contributed by atoms with Crippen LogP contribution < -0.4 is 20.1 Å². The molecule has 0 atom stereocenters. The summed E-state index contributed by atoms with van der Waals surface area (Å²) in [4.78, 5) is 24.6. The van der Waals surface area contributed by atoms with Crippen molar-refractivity contribution >= 4 is 22.6 Å². The molecule has 1 saturated carbocycles. The summed E-state index contributed by atoms with van der Waals surface area (Å²) in [7, 11) is 1.55. The van der Waals surface area contributed by atoms with Crippen LogP contribution in [0.25, 0.3) is 11.0 Å². The highest BCUT2D eigenvalue weighted by Crippen LogP contribution is 2.46. The summed E-state index contributed by atoms with van der Waals surface area (Å²) in [5, 5.41) is 6.49. The van der Waals surface area contributed by atoms with Crippen molar-refractivity contribution in [2.24, 2.45) is 0 Å². The van der Waals surface area contributed by atoms with E-state index in [1.165, 1.54) is 6.20 Å². The van der Waals surface area contributed by atoms with E-state index in [9.17, 15) is 9.18 Å². The van der Waals surface area contributed by atoms with Gasteiger partial charge in [-0.2, -0.15) is 0 Å². The molecule has 3 aromatic heterocycles. The fraction of sp³-hybridized carbons (Fsp3) is 0.462. The van der Waals surface area contributed by atoms with E-state index >= 15 is 0 Å². The van der Waals surface area contributed by atoms with Crippen molar-refractivity contribution in [1.29, 1.82) is 0 Å². The molecule has 2 bridgehead atoms. The minimum absolute atomic E-state index is 0.00543. The van der Waals surface area contributed by atoms with Crippen LogP contribution in [0, 0.1) is 5.82 Å². The molecule has 6 heterocycles. The van der Waals surface area contributed by atoms with Gasteiger partial charge in [-0.05, 0) is 56.2 Å². The molecule has 9 nitrogen and oxygen atoms in total. The average molecular weight is 494 g/mol. The molecule has 0 spiro atoms. The van der Waals surface area contributed by atoms with Crippen LogP contribution in [0.3, 0.4) is 0 Å². The predicted molar refractivity (Wildman–Crippen MR) is 129 cm³/mol. The Morgan fingerprint density at radius 2 is 2.06 bits per heavy atom. The molecular weight excluding hydrogens is 465 g/mol. The van der Waals surface area contributed by atoms with E-state index in [1.807, 2.05) is 6.07 Å². The SMILES string of the molecule is COc1ccc2ncc(F)c(CCC34CCC(NCc5cnc6c(c5)NC(=O)CO6)(CC3)CO4)c2n1. The third-order valence-electron chi connectivity index (χ3n) is 7.74. The van der Waals surface area contributed by atoms with Crippen LogP contribution >= 0.6 is 0 Å². The number of ether oxygens (including phenoxy) is 3. The van der Waals surface area contributed by atoms with E-state index in [-0.39, 0.29) is 29.5 Å². The quantitative estimate of drug-likeness (QED) is 0.516. The second kappa shape index (κ2) is 8.94. The Morgan fingerprint density at radius 3 is 2.83 bits per heavy atom. The zero-order valence-corrected chi connectivity index (χ0v) is 20.1. The van der Waals surface area contributed by atoms with Gasteiger partial charge >= 0.3 is 0 Å². The minimum Gasteiger partial charge on any atom is -0.481 e. The normalized spacial score (nSPS) is 24.8. The topological polar surface area (TPSA) is 107 Å². The smallest absolute Gasteiger partial charge is 0.262 e. The van der Waals surface area contributed by atoms with Crippen molar-refractivity contribution in [3.8, 4) is 11.8 Å². The number of nitrogens with zero attached hydrogens (tertiary/aromatic N) is 3. The van der Waals surface area contributed by atoms with Gasteiger partial charge in [0, 0.05) is 29.9 Å². The number of amides is 1. The maximum Gasteiger partial charge on any atom is 0.262 e. The van der Waals surface area contributed by atoms with Crippen LogP contribution in [0.5, 0.6) is 11.8 Å². The maximum absolute atomic E-state index is 14.8. The Bertz CT molecular complexity index is 1310. The number of aryl methyl sites for hydroxylation is 1. The van der Waals surface area contributed by atoms with Gasteiger partial charge in [0.2, 0.25) is 11.8 Å². The first-order valence-corrected chi connectivity index (χ1v) is 12.3. The lowest BCUT2D eigenvalue weighted by Crippen LogP contribution is -2.61. The predicted octanol–water partition coefficient (Wildman–Crippen LogP) is 3.31. The van der Waals surface area contributed by atoms with Crippen LogP contribution in [-0.4, -0.2) is 52.3 Å². The molecule has 3 aliphatic heterocycles. The van der Waals surface area contributed by atoms with Gasteiger partial charge in [0.1, 0.15) is 11.5 Å². The van der Waals surface area contributed by atoms with Gasteiger partial charge in [-0.3, -0.25) is 9.78 Å². The standard InChI is InChI=1S/C26H28FN5O4/c1-34-22-3-2-19-23(32-22)17(18(27)13-28-19)4-5-26-8-6-25(7-9-26,15-36-26)30-12-16-10-20-24(29-11-16)35-14-21(33)31-20/h2-3,10-11,13,30H,4-9,12,14-15H2,1H3,(H,31,33). The van der Waals surface area contributed by atoms with Gasteiger partial charge in [0.15, 0.2) is 6.61 Å². The fourth-order valence-electron chi connectivity index (χ4n) is 5.50. The van der Waals surface area contributed by atoms with Crippen molar-refractivity contribution < 1.29 is 23.4 Å². The van der Waals surface area contributed by atoms with E-state index in [0.717, 1.165) is 37.7 Å². The largest absolute Gasteiger partial charge is 0.481 e. The Morgan fingerprint density at radius 1 is 1.19 bits per heavy atom. The van der Waals surface area contributed by atoms with E-state index in [0.29, 0.717) is 53.6 Å². The number of carbonyl (C=O) groups excluding carboxylic acids is 1. The van der Waals surface area contributed by atoms with Gasteiger partial charge in [-0.25, -0.2) is 14.4 Å². The zero-order valence-electron chi connectivity index (χ0n) is 20.1. The molecule has 7 rings (SSSR count). The van der Waals surface area contributed by atoms with Crippen LogP contribution in [0.1, 0.15) is 43.2 Å². The second-order valence-corrected chi connectivity index (χ2v) is 9.94. The highest BCUT2D eigenvalue weighted by molar-refractivity contribution is 5.94. The second-order valence-electron chi connectivity index (χ2n) is 9.94. The molecule has 36 heavy (non-hydrogen) atoms. The number of halogens is 1. The van der Waals surface area contributed by atoms with E-state index in [4.69, 9.17) is 14.2 Å². The van der Waals surface area contributed by atoms with Crippen molar-refractivity contribution in [2.75, 3.05) is 25.6 Å². The molecule has 188 valence electrons.